The minimum atomic E-state index is -0.678. The lowest BCUT2D eigenvalue weighted by Gasteiger charge is -2.56. The number of carbonyl (C=O) groups is 3. The Kier molecular flexibility index (Phi) is 4.76. The highest BCUT2D eigenvalue weighted by atomic mass is 16.5. The fourth-order valence-corrected chi connectivity index (χ4v) is 5.42. The minimum Gasteiger partial charge on any atom is -0.465 e. The van der Waals surface area contributed by atoms with Gasteiger partial charge in [0.15, 0.2) is 6.61 Å². The Morgan fingerprint density at radius 3 is 2.41 bits per heavy atom. The zero-order valence-electron chi connectivity index (χ0n) is 15.1. The largest absolute Gasteiger partial charge is 0.465 e. The normalized spacial score (nSPS) is 31.0. The third-order valence-electron chi connectivity index (χ3n) is 5.94. The first-order valence-electron chi connectivity index (χ1n) is 9.50. The standard InChI is InChI=1S/C20H24N2O5/c23-17(12-27-18(24)4-3-16-2-1-5-26-16)21-19(25)22-20-9-13-6-14(10-20)8-15(7-13)11-20/h1-5,13-15H,6-12H2,(H2,21,22,23,25)/b4-3+. The Morgan fingerprint density at radius 1 is 1.15 bits per heavy atom. The van der Waals surface area contributed by atoms with Gasteiger partial charge in [0, 0.05) is 11.6 Å². The number of hydrogen-bond acceptors (Lipinski definition) is 5. The molecule has 1 heterocycles. The van der Waals surface area contributed by atoms with E-state index in [-0.39, 0.29) is 5.54 Å². The summed E-state index contributed by atoms with van der Waals surface area (Å²) in [6.07, 6.45) is 11.0. The molecule has 4 aliphatic rings. The van der Waals surface area contributed by atoms with E-state index >= 15 is 0 Å². The predicted molar refractivity (Wildman–Crippen MR) is 96.3 cm³/mol. The zero-order valence-corrected chi connectivity index (χ0v) is 15.1. The fraction of sp³-hybridized carbons (Fsp3) is 0.550. The van der Waals surface area contributed by atoms with Crippen molar-refractivity contribution in [3.8, 4) is 0 Å². The van der Waals surface area contributed by atoms with Crippen LogP contribution in [0.5, 0.6) is 0 Å². The summed E-state index contributed by atoms with van der Waals surface area (Å²) >= 11 is 0. The van der Waals surface area contributed by atoms with Crippen LogP contribution in [0, 0.1) is 17.8 Å². The van der Waals surface area contributed by atoms with Crippen LogP contribution in [-0.4, -0.2) is 30.1 Å². The summed E-state index contributed by atoms with van der Waals surface area (Å²) in [5.74, 6) is 1.30. The molecule has 0 atom stereocenters. The van der Waals surface area contributed by atoms with Crippen LogP contribution in [0.25, 0.3) is 6.08 Å². The molecule has 144 valence electrons. The summed E-state index contributed by atoms with van der Waals surface area (Å²) in [4.78, 5) is 35.7. The van der Waals surface area contributed by atoms with Crippen LogP contribution in [-0.2, 0) is 14.3 Å². The average molecular weight is 372 g/mol. The first kappa shape index (κ1) is 17.8. The molecule has 0 aliphatic heterocycles. The molecule has 3 amide bonds. The minimum absolute atomic E-state index is 0.165. The summed E-state index contributed by atoms with van der Waals surface area (Å²) < 4.78 is 9.89. The van der Waals surface area contributed by atoms with Gasteiger partial charge < -0.3 is 14.5 Å². The summed E-state index contributed by atoms with van der Waals surface area (Å²) in [7, 11) is 0. The van der Waals surface area contributed by atoms with Crippen molar-refractivity contribution in [1.29, 1.82) is 0 Å². The van der Waals surface area contributed by atoms with Gasteiger partial charge in [0.05, 0.1) is 6.26 Å². The molecule has 4 aliphatic carbocycles. The maximum Gasteiger partial charge on any atom is 0.331 e. The third kappa shape index (κ3) is 4.23. The number of urea groups is 1. The molecule has 4 fully saturated rings. The van der Waals surface area contributed by atoms with Crippen molar-refractivity contribution in [2.45, 2.75) is 44.1 Å². The first-order chi connectivity index (χ1) is 13.0. The van der Waals surface area contributed by atoms with Crippen molar-refractivity contribution in [3.05, 3.63) is 30.2 Å². The quantitative estimate of drug-likeness (QED) is 0.612. The topological polar surface area (TPSA) is 97.6 Å². The highest BCUT2D eigenvalue weighted by molar-refractivity contribution is 5.96. The van der Waals surface area contributed by atoms with E-state index in [1.54, 1.807) is 12.1 Å². The Labute approximate surface area is 157 Å². The molecular formula is C20H24N2O5. The van der Waals surface area contributed by atoms with Crippen LogP contribution < -0.4 is 10.6 Å². The van der Waals surface area contributed by atoms with E-state index in [0.717, 1.165) is 19.3 Å². The van der Waals surface area contributed by atoms with Gasteiger partial charge >= 0.3 is 12.0 Å². The first-order valence-corrected chi connectivity index (χ1v) is 9.50. The second-order valence-corrected chi connectivity index (χ2v) is 8.16. The van der Waals surface area contributed by atoms with Crippen LogP contribution in [0.3, 0.4) is 0 Å². The van der Waals surface area contributed by atoms with E-state index in [2.05, 4.69) is 10.6 Å². The second-order valence-electron chi connectivity index (χ2n) is 8.16. The molecule has 5 rings (SSSR count). The van der Waals surface area contributed by atoms with Gasteiger partial charge in [-0.2, -0.15) is 0 Å². The van der Waals surface area contributed by atoms with Crippen LogP contribution in [0.2, 0.25) is 0 Å². The monoisotopic (exact) mass is 372 g/mol. The lowest BCUT2D eigenvalue weighted by Crippen LogP contribution is -2.62. The number of nitrogens with one attached hydrogen (secondary N) is 2. The number of imide groups is 1. The number of ether oxygens (including phenoxy) is 1. The summed E-state index contributed by atoms with van der Waals surface area (Å²) in [6.45, 7) is -0.504. The number of carbonyl (C=O) groups excluding carboxylic acids is 3. The molecule has 0 saturated heterocycles. The number of amides is 3. The van der Waals surface area contributed by atoms with Crippen molar-refractivity contribution in [3.63, 3.8) is 0 Å². The number of hydrogen-bond donors (Lipinski definition) is 2. The lowest BCUT2D eigenvalue weighted by molar-refractivity contribution is -0.143. The fourth-order valence-electron chi connectivity index (χ4n) is 5.42. The molecule has 1 aromatic heterocycles. The molecule has 7 nitrogen and oxygen atoms in total. The van der Waals surface area contributed by atoms with E-state index in [9.17, 15) is 14.4 Å². The second kappa shape index (κ2) is 7.21. The molecule has 0 aromatic carbocycles. The highest BCUT2D eigenvalue weighted by Crippen LogP contribution is 2.55. The van der Waals surface area contributed by atoms with Crippen LogP contribution >= 0.6 is 0 Å². The molecule has 0 radical (unpaired) electrons. The Balaban J connectivity index is 1.21. The maximum atomic E-state index is 12.3. The van der Waals surface area contributed by atoms with Crippen LogP contribution in [0.1, 0.15) is 44.3 Å². The molecule has 0 spiro atoms. The van der Waals surface area contributed by atoms with Crippen molar-refractivity contribution in [1.82, 2.24) is 10.6 Å². The zero-order chi connectivity index (χ0) is 18.9. The molecule has 2 N–H and O–H groups in total. The SMILES string of the molecule is O=C(COC(=O)/C=C/c1ccco1)NC(=O)NC12CC3CC(CC(C3)C1)C2. The van der Waals surface area contributed by atoms with Gasteiger partial charge in [0.2, 0.25) is 0 Å². The van der Waals surface area contributed by atoms with Crippen molar-refractivity contribution in [2.24, 2.45) is 17.8 Å². The molecule has 1 aromatic rings. The Hall–Kier alpha value is -2.57. The van der Waals surface area contributed by atoms with Crippen molar-refractivity contribution >= 4 is 24.0 Å². The van der Waals surface area contributed by atoms with Gasteiger partial charge in [-0.25, -0.2) is 9.59 Å². The van der Waals surface area contributed by atoms with E-state index in [4.69, 9.17) is 9.15 Å². The molecule has 27 heavy (non-hydrogen) atoms. The third-order valence-corrected chi connectivity index (χ3v) is 5.94. The van der Waals surface area contributed by atoms with E-state index in [0.29, 0.717) is 23.5 Å². The molecule has 4 bridgehead atoms. The molecule has 7 heteroatoms. The van der Waals surface area contributed by atoms with Gasteiger partial charge in [-0.05, 0) is 74.5 Å². The average Bonchev–Trinajstić information content (AvgIpc) is 3.09. The summed E-state index contributed by atoms with van der Waals surface area (Å²) in [6, 6.07) is 2.88. The predicted octanol–water partition coefficient (Wildman–Crippen LogP) is 2.63. The number of esters is 1. The summed E-state index contributed by atoms with van der Waals surface area (Å²) in [5, 5.41) is 5.32. The molecule has 4 saturated carbocycles. The molecule has 0 unspecified atom stereocenters. The van der Waals surface area contributed by atoms with Crippen LogP contribution in [0.4, 0.5) is 4.79 Å². The van der Waals surface area contributed by atoms with Gasteiger partial charge in [-0.15, -0.1) is 0 Å². The highest BCUT2D eigenvalue weighted by Gasteiger charge is 2.51. The molecular weight excluding hydrogens is 348 g/mol. The van der Waals surface area contributed by atoms with Crippen molar-refractivity contribution < 1.29 is 23.5 Å². The van der Waals surface area contributed by atoms with Crippen LogP contribution in [0.15, 0.2) is 28.9 Å². The van der Waals surface area contributed by atoms with Crippen molar-refractivity contribution in [2.75, 3.05) is 6.61 Å². The smallest absolute Gasteiger partial charge is 0.331 e. The van der Waals surface area contributed by atoms with E-state index in [1.807, 2.05) is 0 Å². The number of furan rings is 1. The van der Waals surface area contributed by atoms with E-state index in [1.165, 1.54) is 37.7 Å². The Bertz CT molecular complexity index is 717. The number of rotatable bonds is 5. The van der Waals surface area contributed by atoms with Gasteiger partial charge in [0.1, 0.15) is 5.76 Å². The maximum absolute atomic E-state index is 12.3. The van der Waals surface area contributed by atoms with Gasteiger partial charge in [-0.3, -0.25) is 10.1 Å². The van der Waals surface area contributed by atoms with Gasteiger partial charge in [0.25, 0.3) is 5.91 Å². The van der Waals surface area contributed by atoms with Gasteiger partial charge in [-0.1, -0.05) is 0 Å². The van der Waals surface area contributed by atoms with E-state index < -0.39 is 24.5 Å². The Morgan fingerprint density at radius 2 is 1.81 bits per heavy atom. The lowest BCUT2D eigenvalue weighted by atomic mass is 9.53. The summed E-state index contributed by atoms with van der Waals surface area (Å²) in [5.41, 5.74) is -0.165.